The number of likely N-dealkylation sites (N-methyl/N-ethyl adjacent to an activating group) is 1. The molecule has 40 heavy (non-hydrogen) atoms. The first kappa shape index (κ1) is 25.7. The largest absolute Gasteiger partial charge is 0.338 e. The van der Waals surface area contributed by atoms with Crippen molar-refractivity contribution in [1.29, 1.82) is 0 Å². The highest BCUT2D eigenvalue weighted by Gasteiger charge is 2.21. The molecule has 4 heterocycles. The second-order valence-corrected chi connectivity index (χ2v) is 10.5. The number of rotatable bonds is 6. The number of anilines is 3. The van der Waals surface area contributed by atoms with Crippen molar-refractivity contribution in [3.8, 4) is 17.1 Å². The normalized spacial score (nSPS) is 13.9. The van der Waals surface area contributed by atoms with Crippen LogP contribution in [0.25, 0.3) is 28.2 Å². The molecular weight excluding hydrogens is 524 g/mol. The summed E-state index contributed by atoms with van der Waals surface area (Å²) in [5.41, 5.74) is 5.20. The van der Waals surface area contributed by atoms with E-state index in [1.165, 1.54) is 6.92 Å². The summed E-state index contributed by atoms with van der Waals surface area (Å²) in [4.78, 5) is 42.9. The van der Waals surface area contributed by atoms with Crippen molar-refractivity contribution >= 4 is 51.5 Å². The summed E-state index contributed by atoms with van der Waals surface area (Å²) in [6, 6.07) is 16.9. The van der Waals surface area contributed by atoms with Crippen molar-refractivity contribution in [3.63, 3.8) is 0 Å². The summed E-state index contributed by atoms with van der Waals surface area (Å²) in [6.45, 7) is 4.68. The topological polar surface area (TPSA) is 108 Å². The van der Waals surface area contributed by atoms with E-state index in [1.807, 2.05) is 74.8 Å². The maximum absolute atomic E-state index is 13.0. The smallest absolute Gasteiger partial charge is 0.253 e. The zero-order chi connectivity index (χ0) is 27.6. The van der Waals surface area contributed by atoms with Crippen molar-refractivity contribution in [2.24, 2.45) is 0 Å². The van der Waals surface area contributed by atoms with Gasteiger partial charge in [0.1, 0.15) is 6.33 Å². The van der Waals surface area contributed by atoms with Crippen molar-refractivity contribution in [1.82, 2.24) is 29.3 Å². The van der Waals surface area contributed by atoms with E-state index in [4.69, 9.17) is 9.97 Å². The maximum atomic E-state index is 13.0. The zero-order valence-corrected chi connectivity index (χ0v) is 23.0. The molecule has 2 aromatic carbocycles. The number of nitrogens with zero attached hydrogens (tertiary/aromatic N) is 6. The van der Waals surface area contributed by atoms with Gasteiger partial charge in [0.2, 0.25) is 5.91 Å². The van der Waals surface area contributed by atoms with Crippen molar-refractivity contribution in [3.05, 3.63) is 77.2 Å². The van der Waals surface area contributed by atoms with Gasteiger partial charge >= 0.3 is 0 Å². The second kappa shape index (κ2) is 10.9. The van der Waals surface area contributed by atoms with Crippen molar-refractivity contribution < 1.29 is 9.59 Å². The fraction of sp³-hybridized carbons (Fsp3) is 0.207. The third kappa shape index (κ3) is 5.29. The zero-order valence-electron chi connectivity index (χ0n) is 22.2. The number of thiophene rings is 1. The lowest BCUT2D eigenvalue weighted by atomic mass is 10.1. The highest BCUT2D eigenvalue weighted by Crippen LogP contribution is 2.29. The van der Waals surface area contributed by atoms with E-state index in [-0.39, 0.29) is 11.8 Å². The summed E-state index contributed by atoms with van der Waals surface area (Å²) < 4.78 is 1.94. The summed E-state index contributed by atoms with van der Waals surface area (Å²) in [5, 5.41) is 10.2. The van der Waals surface area contributed by atoms with Crippen LogP contribution in [0.1, 0.15) is 17.3 Å². The number of benzene rings is 2. The van der Waals surface area contributed by atoms with Gasteiger partial charge in [-0.1, -0.05) is 12.1 Å². The minimum atomic E-state index is -0.127. The highest BCUT2D eigenvalue weighted by atomic mass is 32.1. The molecule has 3 aromatic heterocycles. The molecule has 11 heteroatoms. The molecule has 1 aliphatic heterocycles. The highest BCUT2D eigenvalue weighted by molar-refractivity contribution is 7.08. The predicted molar refractivity (Wildman–Crippen MR) is 157 cm³/mol. The molecule has 202 valence electrons. The number of piperazine rings is 1. The molecule has 1 aliphatic rings. The Morgan fingerprint density at radius 3 is 2.30 bits per heavy atom. The van der Waals surface area contributed by atoms with Crippen LogP contribution in [0.5, 0.6) is 0 Å². The van der Waals surface area contributed by atoms with E-state index in [2.05, 4.69) is 27.6 Å². The summed E-state index contributed by atoms with van der Waals surface area (Å²) >= 11 is 1.60. The Kier molecular flexibility index (Phi) is 6.97. The van der Waals surface area contributed by atoms with Gasteiger partial charge in [-0.05, 0) is 54.9 Å². The summed E-state index contributed by atoms with van der Waals surface area (Å²) in [6.07, 6.45) is 1.74. The Morgan fingerprint density at radius 2 is 1.62 bits per heavy atom. The maximum Gasteiger partial charge on any atom is 0.253 e. The number of carbonyl (C=O) groups excluding carboxylic acids is 2. The number of hydrogen-bond donors (Lipinski definition) is 2. The molecule has 0 atom stereocenters. The molecule has 5 aromatic rings. The average Bonchev–Trinajstić information content (AvgIpc) is 3.64. The standard InChI is InChI=1S/C29H28N8O2S/c1-19(38)31-22-7-9-23(10-8-22)32-27-25-28(37(18-30-25)24-11-16-40-17-24)34-26(33-27)20-3-5-21(6-4-20)29(39)36-14-12-35(2)13-15-36/h3-11,16-18H,12-15H2,1-2H3,(H,31,38)(H,32,33,34). The van der Waals surface area contributed by atoms with Gasteiger partial charge in [-0.3, -0.25) is 14.2 Å². The van der Waals surface area contributed by atoms with E-state index in [9.17, 15) is 9.59 Å². The average molecular weight is 553 g/mol. The minimum absolute atomic E-state index is 0.0385. The number of fused-ring (bicyclic) bond motifs is 1. The Bertz CT molecular complexity index is 1660. The van der Waals surface area contributed by atoms with Crippen LogP contribution < -0.4 is 10.6 Å². The molecule has 6 rings (SSSR count). The first-order chi connectivity index (χ1) is 19.4. The second-order valence-electron chi connectivity index (χ2n) is 9.72. The number of amides is 2. The van der Waals surface area contributed by atoms with Crippen LogP contribution in [-0.2, 0) is 4.79 Å². The lowest BCUT2D eigenvalue weighted by molar-refractivity contribution is -0.114. The Hall–Kier alpha value is -4.61. The van der Waals surface area contributed by atoms with Gasteiger partial charge in [-0.25, -0.2) is 15.0 Å². The van der Waals surface area contributed by atoms with Crippen LogP contribution in [0.3, 0.4) is 0 Å². The lowest BCUT2D eigenvalue weighted by Crippen LogP contribution is -2.47. The summed E-state index contributed by atoms with van der Waals surface area (Å²) in [5.74, 6) is 0.981. The van der Waals surface area contributed by atoms with Crippen LogP contribution in [-0.4, -0.2) is 74.4 Å². The van der Waals surface area contributed by atoms with E-state index in [0.717, 1.165) is 43.1 Å². The van der Waals surface area contributed by atoms with Crippen molar-refractivity contribution in [2.75, 3.05) is 43.9 Å². The molecule has 2 amide bonds. The number of carbonyl (C=O) groups is 2. The first-order valence-corrected chi connectivity index (χ1v) is 13.9. The molecule has 0 bridgehead atoms. The van der Waals surface area contributed by atoms with Crippen LogP contribution >= 0.6 is 11.3 Å². The molecule has 0 aliphatic carbocycles. The molecule has 0 saturated carbocycles. The summed E-state index contributed by atoms with van der Waals surface area (Å²) in [7, 11) is 2.07. The van der Waals surface area contributed by atoms with Crippen LogP contribution in [0, 0.1) is 0 Å². The van der Waals surface area contributed by atoms with Crippen molar-refractivity contribution in [2.45, 2.75) is 6.92 Å². The fourth-order valence-electron chi connectivity index (χ4n) is 4.63. The SMILES string of the molecule is CC(=O)Nc1ccc(Nc2nc(-c3ccc(C(=O)N4CCN(C)CC4)cc3)nc3c2ncn3-c2ccsc2)cc1. The third-order valence-corrected chi connectivity index (χ3v) is 7.50. The minimum Gasteiger partial charge on any atom is -0.338 e. The molecule has 0 spiro atoms. The molecule has 0 radical (unpaired) electrons. The lowest BCUT2D eigenvalue weighted by Gasteiger charge is -2.32. The molecule has 1 fully saturated rings. The van der Waals surface area contributed by atoms with Gasteiger partial charge in [0.05, 0.1) is 5.69 Å². The van der Waals surface area contributed by atoms with E-state index in [1.54, 1.807) is 17.7 Å². The van der Waals surface area contributed by atoms with E-state index < -0.39 is 0 Å². The Morgan fingerprint density at radius 1 is 0.900 bits per heavy atom. The molecule has 1 saturated heterocycles. The van der Waals surface area contributed by atoms with Crippen LogP contribution in [0.15, 0.2) is 71.7 Å². The van der Waals surface area contributed by atoms with Gasteiger partial charge in [0, 0.05) is 61.0 Å². The monoisotopic (exact) mass is 552 g/mol. The van der Waals surface area contributed by atoms with E-state index in [0.29, 0.717) is 34.1 Å². The van der Waals surface area contributed by atoms with Gasteiger partial charge in [-0.2, -0.15) is 11.3 Å². The number of aromatic nitrogens is 4. The van der Waals surface area contributed by atoms with E-state index >= 15 is 0 Å². The molecule has 2 N–H and O–H groups in total. The molecular formula is C29H28N8O2S. The third-order valence-electron chi connectivity index (χ3n) is 6.83. The quantitative estimate of drug-likeness (QED) is 0.316. The van der Waals surface area contributed by atoms with Gasteiger partial charge in [0.25, 0.3) is 5.91 Å². The van der Waals surface area contributed by atoms with Gasteiger partial charge in [0.15, 0.2) is 22.8 Å². The van der Waals surface area contributed by atoms with Crippen LogP contribution in [0.4, 0.5) is 17.2 Å². The number of nitrogens with one attached hydrogen (secondary N) is 2. The molecule has 10 nitrogen and oxygen atoms in total. The number of hydrogen-bond acceptors (Lipinski definition) is 8. The fourth-order valence-corrected chi connectivity index (χ4v) is 5.26. The molecule has 0 unspecified atom stereocenters. The number of imidazole rings is 1. The van der Waals surface area contributed by atoms with Crippen LogP contribution in [0.2, 0.25) is 0 Å². The Balaban J connectivity index is 1.34. The van der Waals surface area contributed by atoms with Gasteiger partial charge < -0.3 is 20.4 Å². The Labute approximate surface area is 235 Å². The van der Waals surface area contributed by atoms with Gasteiger partial charge in [-0.15, -0.1) is 0 Å². The first-order valence-electron chi connectivity index (χ1n) is 13.0. The predicted octanol–water partition coefficient (Wildman–Crippen LogP) is 4.63.